The number of aliphatic imine (C=N–C) groups is 3. The van der Waals surface area contributed by atoms with Crippen molar-refractivity contribution in [3.63, 3.8) is 0 Å². The van der Waals surface area contributed by atoms with E-state index in [2.05, 4.69) is 15.0 Å². The molecule has 1 aromatic rings. The van der Waals surface area contributed by atoms with Gasteiger partial charge in [0.05, 0.1) is 19.2 Å². The zero-order valence-electron chi connectivity index (χ0n) is 15.3. The molecule has 164 valence electrons. The maximum absolute atomic E-state index is 11.8. The van der Waals surface area contributed by atoms with Gasteiger partial charge in [-0.1, -0.05) is 0 Å². The van der Waals surface area contributed by atoms with Crippen molar-refractivity contribution < 1.29 is 43.3 Å². The van der Waals surface area contributed by atoms with Crippen LogP contribution in [0.15, 0.2) is 37.8 Å². The summed E-state index contributed by atoms with van der Waals surface area (Å²) in [6.07, 6.45) is -1.97. The number of rotatable bonds is 6. The second-order valence-corrected chi connectivity index (χ2v) is 8.15. The molecule has 6 atom stereocenters. The highest BCUT2D eigenvalue weighted by Crippen LogP contribution is 2.50. The summed E-state index contributed by atoms with van der Waals surface area (Å²) in [5.74, 6) is 0.107. The van der Waals surface area contributed by atoms with E-state index >= 15 is 0 Å². The molecular weight excluding hydrogens is 425 g/mol. The van der Waals surface area contributed by atoms with Gasteiger partial charge in [-0.3, -0.25) is 4.90 Å². The molecule has 14 nitrogen and oxygen atoms in total. The number of aliphatic hydroxyl groups is 3. The summed E-state index contributed by atoms with van der Waals surface area (Å²) in [6.45, 7) is -0.572. The molecule has 1 saturated heterocycles. The first-order valence-corrected chi connectivity index (χ1v) is 10.3. The summed E-state index contributed by atoms with van der Waals surface area (Å²) in [5, 5.41) is 29.7. The van der Waals surface area contributed by atoms with Crippen LogP contribution in [0.5, 0.6) is 0 Å². The Morgan fingerprint density at radius 3 is 2.67 bits per heavy atom. The molecule has 0 aliphatic carbocycles. The highest BCUT2D eigenvalue weighted by molar-refractivity contribution is 7.46. The van der Waals surface area contributed by atoms with Crippen molar-refractivity contribution in [2.24, 2.45) is 20.7 Å². The van der Waals surface area contributed by atoms with E-state index in [0.717, 1.165) is 17.6 Å². The largest absolute Gasteiger partial charge is 0.472 e. The van der Waals surface area contributed by atoms with Crippen molar-refractivity contribution in [1.82, 2.24) is 4.90 Å². The Labute approximate surface area is 169 Å². The van der Waals surface area contributed by atoms with Gasteiger partial charge < -0.3 is 40.0 Å². The van der Waals surface area contributed by atoms with Crippen LogP contribution < -0.4 is 5.73 Å². The van der Waals surface area contributed by atoms with Crippen LogP contribution in [0.1, 0.15) is 5.76 Å². The number of hydrogen-bond donors (Lipinski definition) is 6. The Hall–Kier alpha value is -2.00. The standard InChI is InChI=1S/C15H20N5O9P/c16-14(4-8-2-1-3-27-8)15(29-30(24,25)26)13(17-6-18-14)20(7-19-15)12-11(23)10(22)9(5-21)28-12/h1-3,6-7,9-12,21-23H,4-5,16H2,(H2,24,25,26)/t9-,10-,11-,12-,14?,15?/m1/s1. The molecule has 1 fully saturated rings. The highest BCUT2D eigenvalue weighted by Gasteiger charge is 2.65. The van der Waals surface area contributed by atoms with E-state index in [-0.39, 0.29) is 12.3 Å². The lowest BCUT2D eigenvalue weighted by Gasteiger charge is -2.42. The molecule has 4 rings (SSSR count). The van der Waals surface area contributed by atoms with E-state index in [4.69, 9.17) is 19.4 Å². The first-order valence-electron chi connectivity index (χ1n) is 8.76. The Morgan fingerprint density at radius 1 is 1.30 bits per heavy atom. The van der Waals surface area contributed by atoms with Crippen LogP contribution in [0, 0.1) is 0 Å². The third-order valence-electron chi connectivity index (χ3n) is 5.03. The maximum atomic E-state index is 11.8. The van der Waals surface area contributed by atoms with Crippen LogP contribution in [0.3, 0.4) is 0 Å². The molecule has 0 saturated carbocycles. The van der Waals surface area contributed by atoms with Gasteiger partial charge in [0.25, 0.3) is 5.72 Å². The van der Waals surface area contributed by atoms with E-state index in [1.165, 1.54) is 6.26 Å². The molecule has 0 bridgehead atoms. The molecule has 15 heteroatoms. The lowest BCUT2D eigenvalue weighted by Crippen LogP contribution is -2.67. The normalized spacial score (nSPS) is 38.2. The summed E-state index contributed by atoms with van der Waals surface area (Å²) in [7, 11) is -5.19. The van der Waals surface area contributed by atoms with Crippen molar-refractivity contribution in [2.45, 2.75) is 42.3 Å². The van der Waals surface area contributed by atoms with Crippen LogP contribution in [-0.4, -0.2) is 91.1 Å². The van der Waals surface area contributed by atoms with Gasteiger partial charge in [-0.25, -0.2) is 24.1 Å². The number of fused-ring (bicyclic) bond motifs is 1. The Morgan fingerprint density at radius 2 is 2.07 bits per heavy atom. The fraction of sp³-hybridized carbons (Fsp3) is 0.533. The summed E-state index contributed by atoms with van der Waals surface area (Å²) >= 11 is 0. The first kappa shape index (κ1) is 21.2. The predicted octanol–water partition coefficient (Wildman–Crippen LogP) is -2.49. The molecule has 0 radical (unpaired) electrons. The number of ether oxygens (including phenoxy) is 1. The van der Waals surface area contributed by atoms with Crippen LogP contribution in [0.4, 0.5) is 0 Å². The maximum Gasteiger partial charge on any atom is 0.472 e. The predicted molar refractivity (Wildman–Crippen MR) is 99.2 cm³/mol. The van der Waals surface area contributed by atoms with Crippen molar-refractivity contribution in [3.8, 4) is 0 Å². The lowest BCUT2D eigenvalue weighted by atomic mass is 9.91. The molecule has 7 N–H and O–H groups in total. The summed E-state index contributed by atoms with van der Waals surface area (Å²) in [4.78, 5) is 32.4. The molecule has 30 heavy (non-hydrogen) atoms. The second-order valence-electron chi connectivity index (χ2n) is 6.98. The average molecular weight is 445 g/mol. The van der Waals surface area contributed by atoms with Gasteiger partial charge in [0.1, 0.15) is 30.4 Å². The minimum Gasteiger partial charge on any atom is -0.469 e. The van der Waals surface area contributed by atoms with E-state index in [1.54, 1.807) is 12.1 Å². The zero-order valence-corrected chi connectivity index (χ0v) is 16.2. The Balaban J connectivity index is 1.74. The highest BCUT2D eigenvalue weighted by atomic mass is 31.2. The number of amidine groups is 1. The molecule has 3 aliphatic rings. The molecule has 0 spiro atoms. The summed E-state index contributed by atoms with van der Waals surface area (Å²) < 4.78 is 27.6. The van der Waals surface area contributed by atoms with Gasteiger partial charge in [-0.2, -0.15) is 0 Å². The topological polar surface area (TPSA) is 216 Å². The number of nitrogens with zero attached hydrogens (tertiary/aromatic N) is 4. The van der Waals surface area contributed by atoms with Gasteiger partial charge in [0.2, 0.25) is 0 Å². The van der Waals surface area contributed by atoms with Gasteiger partial charge >= 0.3 is 7.82 Å². The number of hydrogen-bond acceptors (Lipinski definition) is 12. The third kappa shape index (κ3) is 3.32. The minimum absolute atomic E-state index is 0.170. The van der Waals surface area contributed by atoms with Crippen molar-refractivity contribution in [1.29, 1.82) is 0 Å². The van der Waals surface area contributed by atoms with Crippen LogP contribution in [-0.2, 0) is 20.2 Å². The molecule has 2 unspecified atom stereocenters. The fourth-order valence-electron chi connectivity index (χ4n) is 3.62. The van der Waals surface area contributed by atoms with Gasteiger partial charge in [-0.15, -0.1) is 0 Å². The van der Waals surface area contributed by atoms with E-state index < -0.39 is 50.4 Å². The number of nitrogens with two attached hydrogens (primary N) is 1. The molecule has 0 amide bonds. The molecule has 4 heterocycles. The van der Waals surface area contributed by atoms with Crippen LogP contribution >= 0.6 is 7.82 Å². The minimum atomic E-state index is -5.19. The Kier molecular flexibility index (Phi) is 5.17. The van der Waals surface area contributed by atoms with Crippen LogP contribution in [0.25, 0.3) is 0 Å². The lowest BCUT2D eigenvalue weighted by molar-refractivity contribution is -0.0549. The van der Waals surface area contributed by atoms with Crippen LogP contribution in [0.2, 0.25) is 0 Å². The van der Waals surface area contributed by atoms with E-state index in [9.17, 15) is 29.7 Å². The number of furan rings is 1. The number of aliphatic hydroxyl groups excluding tert-OH is 3. The molecule has 3 aliphatic heterocycles. The van der Waals surface area contributed by atoms with Crippen molar-refractivity contribution in [3.05, 3.63) is 24.2 Å². The number of phosphoric ester groups is 1. The fourth-order valence-corrected chi connectivity index (χ4v) is 4.25. The Bertz CT molecular complexity index is 933. The van der Waals surface area contributed by atoms with E-state index in [0.29, 0.717) is 5.76 Å². The summed E-state index contributed by atoms with van der Waals surface area (Å²) in [6, 6.07) is 3.18. The van der Waals surface area contributed by atoms with Gasteiger partial charge in [0.15, 0.2) is 17.7 Å². The SMILES string of the molecule is NC1(Cc2ccco2)N=CN=C2N([C@@H]3O[C@H](CO)[C@@H](O)[C@H]3O)C=NC21OP(=O)(O)O. The molecule has 1 aromatic heterocycles. The quantitative estimate of drug-likeness (QED) is 0.252. The van der Waals surface area contributed by atoms with Crippen molar-refractivity contribution in [2.75, 3.05) is 6.61 Å². The average Bonchev–Trinajstić information content (AvgIpc) is 3.36. The van der Waals surface area contributed by atoms with Crippen molar-refractivity contribution >= 4 is 26.3 Å². The van der Waals surface area contributed by atoms with Gasteiger partial charge in [0, 0.05) is 6.42 Å². The number of phosphoric acid groups is 1. The van der Waals surface area contributed by atoms with E-state index in [1.807, 2.05) is 0 Å². The molecule has 0 aromatic carbocycles. The smallest absolute Gasteiger partial charge is 0.469 e. The monoisotopic (exact) mass is 445 g/mol. The first-order chi connectivity index (χ1) is 14.1. The summed E-state index contributed by atoms with van der Waals surface area (Å²) in [5.41, 5.74) is 2.23. The van der Waals surface area contributed by atoms with Gasteiger partial charge in [-0.05, 0) is 12.1 Å². The third-order valence-corrected chi connectivity index (χ3v) is 5.53. The second kappa shape index (κ2) is 7.30. The zero-order chi connectivity index (χ0) is 21.7. The molecular formula is C15H20N5O9P.